The largest absolute Gasteiger partial charge is 0.508 e. The summed E-state index contributed by atoms with van der Waals surface area (Å²) in [5.74, 6) is 1.97. The molecular weight excluding hydrogens is 348 g/mol. The van der Waals surface area contributed by atoms with Gasteiger partial charge < -0.3 is 20.6 Å². The van der Waals surface area contributed by atoms with Crippen LogP contribution in [-0.2, 0) is 7.05 Å². The van der Waals surface area contributed by atoms with Gasteiger partial charge in [-0.05, 0) is 36.4 Å². The fourth-order valence-electron chi connectivity index (χ4n) is 2.92. The molecule has 10 heteroatoms. The summed E-state index contributed by atoms with van der Waals surface area (Å²) in [5.41, 5.74) is 7.77. The first-order chi connectivity index (χ1) is 13.1. The first-order valence-corrected chi connectivity index (χ1v) is 8.09. The molecule has 0 bridgehead atoms. The number of anilines is 3. The SMILES string of the molecule is Cn1nc2nc(N)n3nc(-c4ccco4)nc3c2c1Nc1ccc(O)cc1. The normalized spacial score (nSPS) is 11.4. The Morgan fingerprint density at radius 1 is 1.11 bits per heavy atom. The van der Waals surface area contributed by atoms with E-state index in [-0.39, 0.29) is 11.7 Å². The monoisotopic (exact) mass is 362 g/mol. The van der Waals surface area contributed by atoms with Crippen molar-refractivity contribution in [3.05, 3.63) is 42.7 Å². The summed E-state index contributed by atoms with van der Waals surface area (Å²) < 4.78 is 8.50. The van der Waals surface area contributed by atoms with Gasteiger partial charge in [-0.25, -0.2) is 9.67 Å². The second-order valence-corrected chi connectivity index (χ2v) is 5.96. The summed E-state index contributed by atoms with van der Waals surface area (Å²) in [6.45, 7) is 0. The second-order valence-electron chi connectivity index (χ2n) is 5.96. The number of phenolic OH excluding ortho intramolecular Hbond substituents is 1. The number of aromatic hydroxyl groups is 1. The van der Waals surface area contributed by atoms with Gasteiger partial charge in [-0.2, -0.15) is 14.6 Å². The van der Waals surface area contributed by atoms with Crippen LogP contribution in [0.3, 0.4) is 0 Å². The molecule has 5 aromatic rings. The van der Waals surface area contributed by atoms with E-state index in [4.69, 9.17) is 10.2 Å². The topological polar surface area (TPSA) is 132 Å². The standard InChI is InChI=1S/C17H14N8O2/c1-24-15(19-9-4-6-10(26)7-5-9)12-14(22-24)21-17(18)25-16(12)20-13(23-25)11-3-2-8-27-11/h2-8,19,26H,1H3,(H2,18,21,22). The first kappa shape index (κ1) is 15.2. The van der Waals surface area contributed by atoms with Crippen molar-refractivity contribution < 1.29 is 9.52 Å². The minimum atomic E-state index is 0.178. The van der Waals surface area contributed by atoms with Crippen LogP contribution in [0.5, 0.6) is 5.75 Å². The fraction of sp³-hybridized carbons (Fsp3) is 0.0588. The molecule has 4 heterocycles. The molecule has 0 aliphatic carbocycles. The third-order valence-corrected chi connectivity index (χ3v) is 4.17. The summed E-state index contributed by atoms with van der Waals surface area (Å²) >= 11 is 0. The van der Waals surface area contributed by atoms with E-state index < -0.39 is 0 Å². The molecular formula is C17H14N8O2. The molecule has 1 aromatic carbocycles. The summed E-state index contributed by atoms with van der Waals surface area (Å²) in [6, 6.07) is 10.2. The fourth-order valence-corrected chi connectivity index (χ4v) is 2.92. The number of phenols is 1. The van der Waals surface area contributed by atoms with Crippen molar-refractivity contribution >= 4 is 34.1 Å². The number of aryl methyl sites for hydroxylation is 1. The molecule has 0 spiro atoms. The highest BCUT2D eigenvalue weighted by molar-refractivity contribution is 6.00. The van der Waals surface area contributed by atoms with Gasteiger partial charge >= 0.3 is 0 Å². The molecule has 0 saturated heterocycles. The molecule has 0 atom stereocenters. The molecule has 0 aliphatic rings. The van der Waals surface area contributed by atoms with Crippen LogP contribution in [0.2, 0.25) is 0 Å². The number of aromatic nitrogens is 6. The minimum Gasteiger partial charge on any atom is -0.508 e. The van der Waals surface area contributed by atoms with Crippen molar-refractivity contribution in [2.75, 3.05) is 11.1 Å². The summed E-state index contributed by atoms with van der Waals surface area (Å²) in [7, 11) is 1.79. The number of nitrogens with one attached hydrogen (secondary N) is 1. The van der Waals surface area contributed by atoms with Gasteiger partial charge in [-0.1, -0.05) is 0 Å². The van der Waals surface area contributed by atoms with Crippen LogP contribution in [0, 0.1) is 0 Å². The van der Waals surface area contributed by atoms with Crippen LogP contribution >= 0.6 is 0 Å². The number of hydrogen-bond acceptors (Lipinski definition) is 8. The average molecular weight is 362 g/mol. The van der Waals surface area contributed by atoms with Crippen LogP contribution in [0.1, 0.15) is 0 Å². The van der Waals surface area contributed by atoms with Crippen LogP contribution in [0.4, 0.5) is 17.5 Å². The first-order valence-electron chi connectivity index (χ1n) is 8.09. The highest BCUT2D eigenvalue weighted by Crippen LogP contribution is 2.31. The number of hydrogen-bond donors (Lipinski definition) is 3. The number of nitrogens with zero attached hydrogens (tertiary/aromatic N) is 6. The van der Waals surface area contributed by atoms with Crippen LogP contribution in [0.15, 0.2) is 47.1 Å². The third-order valence-electron chi connectivity index (χ3n) is 4.17. The lowest BCUT2D eigenvalue weighted by Gasteiger charge is -2.07. The maximum Gasteiger partial charge on any atom is 0.225 e. The van der Waals surface area contributed by atoms with Crippen LogP contribution in [-0.4, -0.2) is 34.5 Å². The Labute approximate surface area is 151 Å². The molecule has 0 unspecified atom stereocenters. The van der Waals surface area contributed by atoms with Gasteiger partial charge in [0.25, 0.3) is 0 Å². The van der Waals surface area contributed by atoms with E-state index in [1.807, 2.05) is 0 Å². The minimum absolute atomic E-state index is 0.178. The molecule has 0 saturated carbocycles. The van der Waals surface area contributed by atoms with E-state index in [1.54, 1.807) is 54.4 Å². The molecule has 4 aromatic heterocycles. The lowest BCUT2D eigenvalue weighted by molar-refractivity contribution is 0.475. The number of benzene rings is 1. The maximum atomic E-state index is 9.47. The van der Waals surface area contributed by atoms with E-state index in [1.165, 1.54) is 4.52 Å². The Morgan fingerprint density at radius 2 is 1.93 bits per heavy atom. The molecule has 10 nitrogen and oxygen atoms in total. The van der Waals surface area contributed by atoms with Crippen molar-refractivity contribution in [2.45, 2.75) is 0 Å². The molecule has 4 N–H and O–H groups in total. The molecule has 5 rings (SSSR count). The van der Waals surface area contributed by atoms with Gasteiger partial charge in [0.15, 0.2) is 17.1 Å². The van der Waals surface area contributed by atoms with Crippen molar-refractivity contribution in [2.24, 2.45) is 7.05 Å². The number of furan rings is 1. The van der Waals surface area contributed by atoms with Crippen molar-refractivity contribution in [1.29, 1.82) is 0 Å². The Hall–Kier alpha value is -4.08. The van der Waals surface area contributed by atoms with Crippen LogP contribution in [0.25, 0.3) is 28.3 Å². The molecule has 134 valence electrons. The third kappa shape index (κ3) is 2.34. The Bertz CT molecular complexity index is 1270. The van der Waals surface area contributed by atoms with Crippen molar-refractivity contribution in [3.63, 3.8) is 0 Å². The zero-order chi connectivity index (χ0) is 18.5. The zero-order valence-corrected chi connectivity index (χ0v) is 14.2. The Balaban J connectivity index is 1.74. The Kier molecular flexibility index (Phi) is 3.07. The van der Waals surface area contributed by atoms with Crippen molar-refractivity contribution in [1.82, 2.24) is 29.4 Å². The van der Waals surface area contributed by atoms with Gasteiger partial charge in [-0.15, -0.1) is 5.10 Å². The van der Waals surface area contributed by atoms with Gasteiger partial charge in [0.05, 0.1) is 6.26 Å². The average Bonchev–Trinajstić information content (AvgIpc) is 3.36. The lowest BCUT2D eigenvalue weighted by Crippen LogP contribution is -2.02. The smallest absolute Gasteiger partial charge is 0.225 e. The Morgan fingerprint density at radius 3 is 2.67 bits per heavy atom. The van der Waals surface area contributed by atoms with E-state index in [0.29, 0.717) is 34.1 Å². The molecule has 0 fully saturated rings. The lowest BCUT2D eigenvalue weighted by atomic mass is 10.3. The summed E-state index contributed by atoms with van der Waals surface area (Å²) in [4.78, 5) is 8.91. The van der Waals surface area contributed by atoms with Gasteiger partial charge in [0, 0.05) is 12.7 Å². The number of rotatable bonds is 3. The summed E-state index contributed by atoms with van der Waals surface area (Å²) in [5, 5.41) is 22.2. The highest BCUT2D eigenvalue weighted by Gasteiger charge is 2.20. The van der Waals surface area contributed by atoms with Crippen molar-refractivity contribution in [3.8, 4) is 17.3 Å². The van der Waals surface area contributed by atoms with Crippen LogP contribution < -0.4 is 11.1 Å². The predicted molar refractivity (Wildman–Crippen MR) is 98.6 cm³/mol. The predicted octanol–water partition coefficient (Wildman–Crippen LogP) is 2.30. The van der Waals surface area contributed by atoms with Gasteiger partial charge in [0.1, 0.15) is 17.0 Å². The van der Waals surface area contributed by atoms with E-state index >= 15 is 0 Å². The molecule has 0 amide bonds. The second kappa shape index (κ2) is 5.46. The van der Waals surface area contributed by atoms with E-state index in [9.17, 15) is 5.11 Å². The highest BCUT2D eigenvalue weighted by atomic mass is 16.3. The van der Waals surface area contributed by atoms with Gasteiger partial charge in [0.2, 0.25) is 11.8 Å². The van der Waals surface area contributed by atoms with Gasteiger partial charge in [-0.3, -0.25) is 0 Å². The summed E-state index contributed by atoms with van der Waals surface area (Å²) in [6.07, 6.45) is 1.56. The molecule has 0 radical (unpaired) electrons. The van der Waals surface area contributed by atoms with E-state index in [2.05, 4.69) is 25.5 Å². The molecule has 0 aliphatic heterocycles. The maximum absolute atomic E-state index is 9.47. The zero-order valence-electron chi connectivity index (χ0n) is 14.2. The number of nitrogens with two attached hydrogens (primary N) is 1. The molecule has 27 heavy (non-hydrogen) atoms. The number of fused-ring (bicyclic) bond motifs is 3. The quantitative estimate of drug-likeness (QED) is 0.417. The van der Waals surface area contributed by atoms with E-state index in [0.717, 1.165) is 5.69 Å². The number of nitrogen functional groups attached to an aromatic ring is 1.